The van der Waals surface area contributed by atoms with E-state index in [0.29, 0.717) is 12.1 Å². The monoisotopic (exact) mass is 186 g/mol. The Morgan fingerprint density at radius 2 is 2.31 bits per heavy atom. The summed E-state index contributed by atoms with van der Waals surface area (Å²) in [4.78, 5) is 0. The molecule has 0 atom stereocenters. The molecule has 1 aromatic rings. The molecule has 1 heterocycles. The number of halogens is 2. The van der Waals surface area contributed by atoms with Gasteiger partial charge in [0.05, 0.1) is 6.20 Å². The minimum atomic E-state index is -2.87. The van der Waals surface area contributed by atoms with E-state index in [1.807, 2.05) is 0 Å². The number of hydrogen-bond acceptors (Lipinski definition) is 1. The van der Waals surface area contributed by atoms with Crippen LogP contribution in [0.4, 0.5) is 8.78 Å². The van der Waals surface area contributed by atoms with Gasteiger partial charge in [-0.05, 0) is 6.92 Å². The van der Waals surface area contributed by atoms with E-state index >= 15 is 0 Å². The second-order valence-corrected chi connectivity index (χ2v) is 2.86. The van der Waals surface area contributed by atoms with Crippen LogP contribution in [0.1, 0.15) is 25.1 Å². The predicted molar refractivity (Wildman–Crippen MR) is 47.6 cm³/mol. The van der Waals surface area contributed by atoms with E-state index < -0.39 is 5.92 Å². The molecule has 0 amide bonds. The first-order chi connectivity index (χ1) is 6.00. The van der Waals surface area contributed by atoms with Crippen molar-refractivity contribution in [2.75, 3.05) is 0 Å². The van der Waals surface area contributed by atoms with E-state index in [0.717, 1.165) is 6.92 Å². The number of aryl methyl sites for hydroxylation is 1. The second-order valence-electron chi connectivity index (χ2n) is 2.86. The highest BCUT2D eigenvalue weighted by Crippen LogP contribution is 2.30. The summed E-state index contributed by atoms with van der Waals surface area (Å²) in [6.45, 7) is 6.54. The average molecular weight is 186 g/mol. The van der Waals surface area contributed by atoms with Gasteiger partial charge in [-0.2, -0.15) is 13.9 Å². The zero-order valence-electron chi connectivity index (χ0n) is 7.72. The molecule has 0 saturated heterocycles. The summed E-state index contributed by atoms with van der Waals surface area (Å²) < 4.78 is 27.4. The van der Waals surface area contributed by atoms with Gasteiger partial charge >= 0.3 is 0 Å². The lowest BCUT2D eigenvalue weighted by molar-refractivity contribution is 0.00776. The van der Waals surface area contributed by atoms with Crippen LogP contribution in [0.15, 0.2) is 12.8 Å². The van der Waals surface area contributed by atoms with Crippen molar-refractivity contribution in [3.63, 3.8) is 0 Å². The summed E-state index contributed by atoms with van der Waals surface area (Å²) in [5, 5.41) is 3.84. The van der Waals surface area contributed by atoms with Gasteiger partial charge in [0.1, 0.15) is 5.69 Å². The van der Waals surface area contributed by atoms with Crippen LogP contribution in [0.2, 0.25) is 0 Å². The van der Waals surface area contributed by atoms with Crippen molar-refractivity contribution >= 4 is 6.08 Å². The number of nitrogens with zero attached hydrogens (tertiary/aromatic N) is 2. The first-order valence-electron chi connectivity index (χ1n) is 4.07. The number of rotatable bonds is 3. The van der Waals surface area contributed by atoms with Gasteiger partial charge in [0.25, 0.3) is 5.92 Å². The molecule has 0 aliphatic carbocycles. The van der Waals surface area contributed by atoms with Crippen molar-refractivity contribution in [2.45, 2.75) is 26.3 Å². The van der Waals surface area contributed by atoms with Crippen LogP contribution in [-0.4, -0.2) is 9.78 Å². The molecule has 0 aliphatic rings. The van der Waals surface area contributed by atoms with Crippen LogP contribution in [0, 0.1) is 0 Å². The average Bonchev–Trinajstić information content (AvgIpc) is 2.45. The highest BCUT2D eigenvalue weighted by atomic mass is 19.3. The third kappa shape index (κ3) is 1.76. The van der Waals surface area contributed by atoms with E-state index in [9.17, 15) is 8.78 Å². The van der Waals surface area contributed by atoms with E-state index in [1.165, 1.54) is 17.0 Å². The molecule has 1 rings (SSSR count). The minimum Gasteiger partial charge on any atom is -0.263 e. The van der Waals surface area contributed by atoms with Crippen molar-refractivity contribution in [1.82, 2.24) is 9.78 Å². The first kappa shape index (κ1) is 9.89. The van der Waals surface area contributed by atoms with Gasteiger partial charge in [0.2, 0.25) is 0 Å². The summed E-state index contributed by atoms with van der Waals surface area (Å²) >= 11 is 0. The predicted octanol–water partition coefficient (Wildman–Crippen LogP) is 2.66. The first-order valence-corrected chi connectivity index (χ1v) is 4.07. The molecule has 0 N–H and O–H groups in total. The molecule has 0 saturated carbocycles. The molecule has 13 heavy (non-hydrogen) atoms. The lowest BCUT2D eigenvalue weighted by atomic mass is 10.1. The Morgan fingerprint density at radius 3 is 2.69 bits per heavy atom. The minimum absolute atomic E-state index is 0.0648. The molecule has 0 radical (unpaired) electrons. The summed E-state index contributed by atoms with van der Waals surface area (Å²) in [7, 11) is 0. The maximum absolute atomic E-state index is 13.1. The SMILES string of the molecule is C=Cc1cnn(CC)c1C(C)(F)F. The third-order valence-electron chi connectivity index (χ3n) is 1.80. The van der Waals surface area contributed by atoms with Crippen molar-refractivity contribution < 1.29 is 8.78 Å². The molecule has 72 valence electrons. The largest absolute Gasteiger partial charge is 0.287 e. The number of alkyl halides is 2. The van der Waals surface area contributed by atoms with Gasteiger partial charge < -0.3 is 0 Å². The Morgan fingerprint density at radius 1 is 1.69 bits per heavy atom. The normalized spacial score (nSPS) is 11.7. The summed E-state index contributed by atoms with van der Waals surface area (Å²) in [6.07, 6.45) is 2.80. The molecule has 0 spiro atoms. The van der Waals surface area contributed by atoms with Gasteiger partial charge in [0, 0.05) is 19.0 Å². The van der Waals surface area contributed by atoms with Gasteiger partial charge in [-0.25, -0.2) is 0 Å². The van der Waals surface area contributed by atoms with Crippen LogP contribution in [-0.2, 0) is 12.5 Å². The van der Waals surface area contributed by atoms with Crippen LogP contribution in [0.25, 0.3) is 6.08 Å². The summed E-state index contributed by atoms with van der Waals surface area (Å²) in [5.41, 5.74) is 0.333. The Labute approximate surface area is 75.9 Å². The van der Waals surface area contributed by atoms with E-state index in [2.05, 4.69) is 11.7 Å². The Hall–Kier alpha value is -1.19. The molecule has 0 aliphatic heterocycles. The highest BCUT2D eigenvalue weighted by molar-refractivity contribution is 5.49. The van der Waals surface area contributed by atoms with Crippen molar-refractivity contribution in [1.29, 1.82) is 0 Å². The van der Waals surface area contributed by atoms with Crippen molar-refractivity contribution in [2.24, 2.45) is 0 Å². The fourth-order valence-corrected chi connectivity index (χ4v) is 1.27. The standard InChI is InChI=1S/C9H12F2N2/c1-4-7-6-12-13(5-2)8(7)9(3,10)11/h4,6H,1,5H2,2-3H3. The van der Waals surface area contributed by atoms with Gasteiger partial charge in [-0.3, -0.25) is 4.68 Å². The van der Waals surface area contributed by atoms with Crippen LogP contribution >= 0.6 is 0 Å². The quantitative estimate of drug-likeness (QED) is 0.709. The molecule has 2 nitrogen and oxygen atoms in total. The van der Waals surface area contributed by atoms with Crippen molar-refractivity contribution in [3.05, 3.63) is 24.0 Å². The maximum Gasteiger partial charge on any atom is 0.287 e. The maximum atomic E-state index is 13.1. The smallest absolute Gasteiger partial charge is 0.263 e. The Bertz CT molecular complexity index is 310. The number of aromatic nitrogens is 2. The zero-order chi connectivity index (χ0) is 10.1. The Kier molecular flexibility index (Phi) is 2.50. The summed E-state index contributed by atoms with van der Waals surface area (Å²) in [5.74, 6) is -2.87. The van der Waals surface area contributed by atoms with E-state index in [1.54, 1.807) is 6.92 Å². The van der Waals surface area contributed by atoms with Gasteiger partial charge in [-0.1, -0.05) is 12.7 Å². The fraction of sp³-hybridized carbons (Fsp3) is 0.444. The molecule has 0 fully saturated rings. The third-order valence-corrected chi connectivity index (χ3v) is 1.80. The lowest BCUT2D eigenvalue weighted by Gasteiger charge is -2.13. The van der Waals surface area contributed by atoms with Gasteiger partial charge in [0.15, 0.2) is 0 Å². The molecular formula is C9H12F2N2. The van der Waals surface area contributed by atoms with Crippen LogP contribution in [0.3, 0.4) is 0 Å². The van der Waals surface area contributed by atoms with E-state index in [4.69, 9.17) is 0 Å². The van der Waals surface area contributed by atoms with Crippen LogP contribution in [0.5, 0.6) is 0 Å². The molecule has 1 aromatic heterocycles. The fourth-order valence-electron chi connectivity index (χ4n) is 1.27. The zero-order valence-corrected chi connectivity index (χ0v) is 7.72. The van der Waals surface area contributed by atoms with Gasteiger partial charge in [-0.15, -0.1) is 0 Å². The topological polar surface area (TPSA) is 17.8 Å². The number of hydrogen-bond donors (Lipinski definition) is 0. The van der Waals surface area contributed by atoms with E-state index in [-0.39, 0.29) is 5.69 Å². The summed E-state index contributed by atoms with van der Waals surface area (Å²) in [6, 6.07) is 0. The molecule has 0 aromatic carbocycles. The van der Waals surface area contributed by atoms with Crippen molar-refractivity contribution in [3.8, 4) is 0 Å². The lowest BCUT2D eigenvalue weighted by Crippen LogP contribution is -2.16. The molecule has 0 bridgehead atoms. The molecule has 4 heteroatoms. The van der Waals surface area contributed by atoms with Crippen LogP contribution < -0.4 is 0 Å². The second kappa shape index (κ2) is 3.28. The molecule has 0 unspecified atom stereocenters. The Balaban J connectivity index is 3.28. The molecular weight excluding hydrogens is 174 g/mol. The highest BCUT2D eigenvalue weighted by Gasteiger charge is 2.31.